The number of nitro benzene ring substituents is 1. The Hall–Kier alpha value is -2.76. The van der Waals surface area contributed by atoms with Gasteiger partial charge in [0.1, 0.15) is 5.69 Å². The molecule has 104 valence electrons. The third kappa shape index (κ3) is 2.49. The van der Waals surface area contributed by atoms with E-state index in [1.165, 1.54) is 19.2 Å². The summed E-state index contributed by atoms with van der Waals surface area (Å²) in [5.41, 5.74) is 7.08. The number of rotatable bonds is 4. The zero-order valence-electron chi connectivity index (χ0n) is 11.1. The van der Waals surface area contributed by atoms with Crippen molar-refractivity contribution in [3.05, 3.63) is 46.5 Å². The van der Waals surface area contributed by atoms with Crippen LogP contribution in [0.25, 0.3) is 11.1 Å². The largest absolute Gasteiger partial charge is 0.493 e. The van der Waals surface area contributed by atoms with Crippen LogP contribution < -0.4 is 15.2 Å². The number of anilines is 1. The van der Waals surface area contributed by atoms with E-state index in [-0.39, 0.29) is 11.4 Å². The molecule has 0 aliphatic carbocycles. The molecule has 2 N–H and O–H groups in total. The molecular formula is C14H14N2O4. The Kier molecular flexibility index (Phi) is 3.74. The van der Waals surface area contributed by atoms with Crippen molar-refractivity contribution in [2.75, 3.05) is 20.0 Å². The van der Waals surface area contributed by atoms with Gasteiger partial charge < -0.3 is 15.2 Å². The second-order valence-corrected chi connectivity index (χ2v) is 4.10. The highest BCUT2D eigenvalue weighted by Crippen LogP contribution is 2.34. The molecule has 0 aliphatic rings. The van der Waals surface area contributed by atoms with Crippen molar-refractivity contribution in [3.8, 4) is 22.6 Å². The minimum atomic E-state index is -0.500. The second-order valence-electron chi connectivity index (χ2n) is 4.10. The summed E-state index contributed by atoms with van der Waals surface area (Å²) in [6.07, 6.45) is 0. The molecule has 0 spiro atoms. The molecule has 0 radical (unpaired) electrons. The number of hydrogen-bond acceptors (Lipinski definition) is 5. The Morgan fingerprint density at radius 1 is 1.00 bits per heavy atom. The molecule has 0 saturated carbocycles. The van der Waals surface area contributed by atoms with Gasteiger partial charge in [-0.15, -0.1) is 0 Å². The summed E-state index contributed by atoms with van der Waals surface area (Å²) in [4.78, 5) is 10.4. The first kappa shape index (κ1) is 13.7. The third-order valence-corrected chi connectivity index (χ3v) is 2.94. The van der Waals surface area contributed by atoms with E-state index in [9.17, 15) is 10.1 Å². The summed E-state index contributed by atoms with van der Waals surface area (Å²) in [7, 11) is 3.08. The molecule has 20 heavy (non-hydrogen) atoms. The van der Waals surface area contributed by atoms with Crippen LogP contribution in [0.1, 0.15) is 0 Å². The molecule has 6 heteroatoms. The molecule has 2 aromatic rings. The van der Waals surface area contributed by atoms with Crippen molar-refractivity contribution >= 4 is 11.4 Å². The fourth-order valence-electron chi connectivity index (χ4n) is 1.90. The molecule has 0 fully saturated rings. The van der Waals surface area contributed by atoms with Gasteiger partial charge in [0.15, 0.2) is 11.5 Å². The Morgan fingerprint density at radius 2 is 1.60 bits per heavy atom. The van der Waals surface area contributed by atoms with Crippen LogP contribution in [0.15, 0.2) is 36.4 Å². The number of methoxy groups -OCH3 is 2. The summed E-state index contributed by atoms with van der Waals surface area (Å²) in [6.45, 7) is 0. The van der Waals surface area contributed by atoms with Gasteiger partial charge in [-0.25, -0.2) is 0 Å². The van der Waals surface area contributed by atoms with Crippen LogP contribution in [-0.2, 0) is 0 Å². The summed E-state index contributed by atoms with van der Waals surface area (Å²) in [5.74, 6) is 1.16. The molecule has 2 rings (SSSR count). The van der Waals surface area contributed by atoms with Crippen LogP contribution in [-0.4, -0.2) is 19.1 Å². The zero-order valence-corrected chi connectivity index (χ0v) is 11.1. The van der Waals surface area contributed by atoms with E-state index in [2.05, 4.69) is 0 Å². The summed E-state index contributed by atoms with van der Waals surface area (Å²) < 4.78 is 10.4. The highest BCUT2D eigenvalue weighted by molar-refractivity contribution is 5.73. The van der Waals surface area contributed by atoms with Crippen molar-refractivity contribution in [2.24, 2.45) is 0 Å². The Bertz CT molecular complexity index is 656. The Labute approximate surface area is 115 Å². The van der Waals surface area contributed by atoms with Crippen molar-refractivity contribution in [3.63, 3.8) is 0 Å². The first-order valence-electron chi connectivity index (χ1n) is 5.83. The van der Waals surface area contributed by atoms with Gasteiger partial charge in [0.05, 0.1) is 19.1 Å². The number of ether oxygens (including phenoxy) is 2. The smallest absolute Gasteiger partial charge is 0.292 e. The molecule has 0 amide bonds. The zero-order chi connectivity index (χ0) is 14.7. The van der Waals surface area contributed by atoms with Gasteiger partial charge in [-0.1, -0.05) is 12.1 Å². The predicted molar refractivity (Wildman–Crippen MR) is 76.0 cm³/mol. The normalized spacial score (nSPS) is 10.1. The van der Waals surface area contributed by atoms with E-state index < -0.39 is 4.92 Å². The van der Waals surface area contributed by atoms with Crippen molar-refractivity contribution < 1.29 is 14.4 Å². The molecule has 0 heterocycles. The quantitative estimate of drug-likeness (QED) is 0.526. The molecule has 6 nitrogen and oxygen atoms in total. The van der Waals surface area contributed by atoms with Crippen LogP contribution in [0, 0.1) is 10.1 Å². The fraction of sp³-hybridized carbons (Fsp3) is 0.143. The molecule has 0 aromatic heterocycles. The second kappa shape index (κ2) is 5.48. The van der Waals surface area contributed by atoms with Gasteiger partial charge in [0.25, 0.3) is 5.69 Å². The Balaban J connectivity index is 2.51. The van der Waals surface area contributed by atoms with Gasteiger partial charge in [-0.2, -0.15) is 0 Å². The average molecular weight is 274 g/mol. The minimum absolute atomic E-state index is 0.114. The van der Waals surface area contributed by atoms with Crippen LogP contribution in [0.2, 0.25) is 0 Å². The van der Waals surface area contributed by atoms with E-state index >= 15 is 0 Å². The van der Waals surface area contributed by atoms with Gasteiger partial charge in [-0.05, 0) is 29.3 Å². The maximum atomic E-state index is 10.9. The van der Waals surface area contributed by atoms with E-state index in [4.69, 9.17) is 15.2 Å². The maximum Gasteiger partial charge on any atom is 0.292 e. The highest BCUT2D eigenvalue weighted by Gasteiger charge is 2.14. The summed E-state index contributed by atoms with van der Waals surface area (Å²) >= 11 is 0. The lowest BCUT2D eigenvalue weighted by atomic mass is 10.0. The lowest BCUT2D eigenvalue weighted by Crippen LogP contribution is -1.96. The minimum Gasteiger partial charge on any atom is -0.493 e. The van der Waals surface area contributed by atoms with Gasteiger partial charge in [0.2, 0.25) is 0 Å². The van der Waals surface area contributed by atoms with E-state index in [1.54, 1.807) is 31.4 Å². The van der Waals surface area contributed by atoms with E-state index in [0.717, 1.165) is 5.56 Å². The molecule has 0 unspecified atom stereocenters. The SMILES string of the molecule is COc1ccc(-c2ccc(N)c([N+](=O)[O-])c2)cc1OC. The van der Waals surface area contributed by atoms with Crippen LogP contribution in [0.5, 0.6) is 11.5 Å². The van der Waals surface area contributed by atoms with E-state index in [1.807, 2.05) is 0 Å². The van der Waals surface area contributed by atoms with Gasteiger partial charge in [0, 0.05) is 6.07 Å². The number of nitrogens with zero attached hydrogens (tertiary/aromatic N) is 1. The fourth-order valence-corrected chi connectivity index (χ4v) is 1.90. The molecule has 2 aromatic carbocycles. The van der Waals surface area contributed by atoms with Gasteiger partial charge >= 0.3 is 0 Å². The number of nitrogens with two attached hydrogens (primary N) is 1. The first-order valence-corrected chi connectivity index (χ1v) is 5.83. The third-order valence-electron chi connectivity index (χ3n) is 2.94. The monoisotopic (exact) mass is 274 g/mol. The van der Waals surface area contributed by atoms with Crippen LogP contribution in [0.4, 0.5) is 11.4 Å². The van der Waals surface area contributed by atoms with E-state index in [0.29, 0.717) is 17.1 Å². The molecule has 0 bridgehead atoms. The molecule has 0 saturated heterocycles. The number of hydrogen-bond donors (Lipinski definition) is 1. The maximum absolute atomic E-state index is 10.9. The van der Waals surface area contributed by atoms with Crippen LogP contribution >= 0.6 is 0 Å². The van der Waals surface area contributed by atoms with Crippen LogP contribution in [0.3, 0.4) is 0 Å². The van der Waals surface area contributed by atoms with Crippen molar-refractivity contribution in [1.82, 2.24) is 0 Å². The predicted octanol–water partition coefficient (Wildman–Crippen LogP) is 2.86. The standard InChI is InChI=1S/C14H14N2O4/c1-19-13-6-4-10(8-14(13)20-2)9-3-5-11(15)12(7-9)16(17)18/h3-8H,15H2,1-2H3. The lowest BCUT2D eigenvalue weighted by molar-refractivity contribution is -0.383. The summed E-state index contributed by atoms with van der Waals surface area (Å²) in [6, 6.07) is 9.99. The average Bonchev–Trinajstić information content (AvgIpc) is 2.46. The van der Waals surface area contributed by atoms with Gasteiger partial charge in [-0.3, -0.25) is 10.1 Å². The topological polar surface area (TPSA) is 87.6 Å². The highest BCUT2D eigenvalue weighted by atomic mass is 16.6. The number of nitro groups is 1. The molecule has 0 aliphatic heterocycles. The number of nitrogen functional groups attached to an aromatic ring is 1. The summed E-state index contributed by atoms with van der Waals surface area (Å²) in [5, 5.41) is 10.9. The van der Waals surface area contributed by atoms with Crippen molar-refractivity contribution in [1.29, 1.82) is 0 Å². The van der Waals surface area contributed by atoms with Crippen molar-refractivity contribution in [2.45, 2.75) is 0 Å². The first-order chi connectivity index (χ1) is 9.56. The number of benzene rings is 2. The molecular weight excluding hydrogens is 260 g/mol. The Morgan fingerprint density at radius 3 is 2.20 bits per heavy atom. The molecule has 0 atom stereocenters. The lowest BCUT2D eigenvalue weighted by Gasteiger charge is -2.10.